The van der Waals surface area contributed by atoms with Gasteiger partial charge in [-0.05, 0) is 17.2 Å². The number of rotatable bonds is 5. The first kappa shape index (κ1) is 16.6. The largest absolute Gasteiger partial charge is 0.387 e. The van der Waals surface area contributed by atoms with Crippen LogP contribution in [0.2, 0.25) is 0 Å². The predicted octanol–water partition coefficient (Wildman–Crippen LogP) is 2.38. The van der Waals surface area contributed by atoms with Crippen LogP contribution in [0.3, 0.4) is 0 Å². The van der Waals surface area contributed by atoms with E-state index in [4.69, 9.17) is 0 Å². The highest BCUT2D eigenvalue weighted by molar-refractivity contribution is 5.76. The minimum absolute atomic E-state index is 0.119. The lowest BCUT2D eigenvalue weighted by atomic mass is 9.97. The van der Waals surface area contributed by atoms with Gasteiger partial charge < -0.3 is 10.4 Å². The Hall–Kier alpha value is -2.24. The Labute approximate surface area is 140 Å². The lowest BCUT2D eigenvalue weighted by molar-refractivity contribution is -0.121. The van der Waals surface area contributed by atoms with Crippen molar-refractivity contribution in [2.24, 2.45) is 0 Å². The number of β-amino-alcohol motifs (C(OH)–C–C–N with tert-alkyl or cyclic N) is 1. The molecular weight excluding hydrogens is 307 g/mol. The summed E-state index contributed by atoms with van der Waals surface area (Å²) in [6.07, 6.45) is -0.194. The maximum Gasteiger partial charge on any atom is 0.221 e. The first-order valence-corrected chi connectivity index (χ1v) is 8.12. The van der Waals surface area contributed by atoms with E-state index in [2.05, 4.69) is 10.2 Å². The Kier molecular flexibility index (Phi) is 5.23. The van der Waals surface area contributed by atoms with E-state index in [1.54, 1.807) is 18.2 Å². The van der Waals surface area contributed by atoms with Crippen LogP contribution in [-0.4, -0.2) is 29.0 Å². The number of halogens is 1. The summed E-state index contributed by atoms with van der Waals surface area (Å²) in [5.41, 5.74) is 2.55. The van der Waals surface area contributed by atoms with Crippen LogP contribution >= 0.6 is 0 Å². The maximum atomic E-state index is 13.5. The summed E-state index contributed by atoms with van der Waals surface area (Å²) in [4.78, 5) is 14.0. The number of hydrogen-bond acceptors (Lipinski definition) is 3. The first-order valence-electron chi connectivity index (χ1n) is 8.12. The van der Waals surface area contributed by atoms with Crippen LogP contribution in [0.5, 0.6) is 0 Å². The normalized spacial score (nSPS) is 17.3. The van der Waals surface area contributed by atoms with Crippen LogP contribution in [0.25, 0.3) is 0 Å². The molecule has 0 radical (unpaired) electrons. The molecular formula is C19H21FN2O2. The first-order chi connectivity index (χ1) is 11.6. The fourth-order valence-electron chi connectivity index (χ4n) is 3.01. The van der Waals surface area contributed by atoms with E-state index in [0.717, 1.165) is 17.7 Å². The van der Waals surface area contributed by atoms with Crippen LogP contribution in [0.15, 0.2) is 48.5 Å². The van der Waals surface area contributed by atoms with Crippen molar-refractivity contribution in [2.45, 2.75) is 25.6 Å². The fourth-order valence-corrected chi connectivity index (χ4v) is 3.01. The zero-order chi connectivity index (χ0) is 16.9. The predicted molar refractivity (Wildman–Crippen MR) is 89.5 cm³/mol. The third-order valence-electron chi connectivity index (χ3n) is 4.33. The number of benzene rings is 2. The van der Waals surface area contributed by atoms with Gasteiger partial charge in [-0.3, -0.25) is 9.69 Å². The molecule has 1 aliphatic heterocycles. The van der Waals surface area contributed by atoms with E-state index in [1.807, 2.05) is 24.3 Å². The highest BCUT2D eigenvalue weighted by Gasteiger charge is 2.23. The van der Waals surface area contributed by atoms with Crippen LogP contribution in [0.1, 0.15) is 29.2 Å². The van der Waals surface area contributed by atoms with Gasteiger partial charge in [0.05, 0.1) is 6.10 Å². The Morgan fingerprint density at radius 3 is 2.79 bits per heavy atom. The molecule has 1 atom stereocenters. The molecule has 2 aromatic rings. The summed E-state index contributed by atoms with van der Waals surface area (Å²) in [5, 5.41) is 12.9. The van der Waals surface area contributed by atoms with Crippen molar-refractivity contribution in [3.8, 4) is 0 Å². The lowest BCUT2D eigenvalue weighted by Gasteiger charge is -2.31. The number of nitrogens with one attached hydrogen (secondary N) is 1. The molecule has 0 aliphatic carbocycles. The minimum atomic E-state index is -0.517. The van der Waals surface area contributed by atoms with Gasteiger partial charge in [0.2, 0.25) is 5.91 Å². The third-order valence-corrected chi connectivity index (χ3v) is 4.33. The Bertz CT molecular complexity index is 720. The number of carbonyl (C=O) groups is 1. The number of fused-ring (bicyclic) bond motifs is 1. The summed E-state index contributed by atoms with van der Waals surface area (Å²) >= 11 is 0. The van der Waals surface area contributed by atoms with Gasteiger partial charge in [-0.15, -0.1) is 0 Å². The molecule has 126 valence electrons. The number of aliphatic hydroxyl groups is 1. The number of nitrogens with zero attached hydrogens (tertiary/aromatic N) is 1. The van der Waals surface area contributed by atoms with Crippen LogP contribution in [-0.2, 0) is 17.9 Å². The Morgan fingerprint density at radius 1 is 1.21 bits per heavy atom. The third kappa shape index (κ3) is 3.99. The summed E-state index contributed by atoms with van der Waals surface area (Å²) in [7, 11) is 0. The van der Waals surface area contributed by atoms with Crippen molar-refractivity contribution in [2.75, 3.05) is 13.1 Å². The number of amides is 1. The Balaban J connectivity index is 1.48. The average molecular weight is 328 g/mol. The number of aliphatic hydroxyl groups excluding tert-OH is 1. The van der Waals surface area contributed by atoms with Crippen molar-refractivity contribution in [1.29, 1.82) is 0 Å². The zero-order valence-corrected chi connectivity index (χ0v) is 13.4. The molecule has 1 amide bonds. The SMILES string of the molecule is O=C(CCN1Cc2ccccc2[C@H](O)C1)NCc1ccccc1F. The van der Waals surface area contributed by atoms with Crippen LogP contribution < -0.4 is 5.32 Å². The molecule has 5 heteroatoms. The van der Waals surface area contributed by atoms with E-state index in [1.165, 1.54) is 6.07 Å². The van der Waals surface area contributed by atoms with Gasteiger partial charge in [-0.1, -0.05) is 42.5 Å². The summed E-state index contributed by atoms with van der Waals surface area (Å²) in [6.45, 7) is 2.01. The smallest absolute Gasteiger partial charge is 0.221 e. The van der Waals surface area contributed by atoms with Gasteiger partial charge >= 0.3 is 0 Å². The van der Waals surface area contributed by atoms with E-state index in [9.17, 15) is 14.3 Å². The quantitative estimate of drug-likeness (QED) is 0.886. The van der Waals surface area contributed by atoms with Crippen molar-refractivity contribution in [1.82, 2.24) is 10.2 Å². The molecule has 0 bridgehead atoms. The molecule has 2 aromatic carbocycles. The topological polar surface area (TPSA) is 52.6 Å². The number of carbonyl (C=O) groups excluding carboxylic acids is 1. The molecule has 0 spiro atoms. The molecule has 1 heterocycles. The highest BCUT2D eigenvalue weighted by atomic mass is 19.1. The standard InChI is InChI=1S/C19H21FN2O2/c20-17-8-4-2-5-14(17)11-21-19(24)9-10-22-12-15-6-1-3-7-16(15)18(23)13-22/h1-8,18,23H,9-13H2,(H,21,24)/t18-/m1/s1. The van der Waals surface area contributed by atoms with Crippen molar-refractivity contribution >= 4 is 5.91 Å². The van der Waals surface area contributed by atoms with E-state index < -0.39 is 6.10 Å². The second-order valence-electron chi connectivity index (χ2n) is 6.07. The molecule has 0 fully saturated rings. The molecule has 24 heavy (non-hydrogen) atoms. The molecule has 4 nitrogen and oxygen atoms in total. The monoisotopic (exact) mass is 328 g/mol. The van der Waals surface area contributed by atoms with Crippen molar-refractivity contribution < 1.29 is 14.3 Å². The van der Waals surface area contributed by atoms with E-state index >= 15 is 0 Å². The van der Waals surface area contributed by atoms with Gasteiger partial charge in [0, 0.05) is 38.2 Å². The minimum Gasteiger partial charge on any atom is -0.387 e. The van der Waals surface area contributed by atoms with Crippen molar-refractivity contribution in [3.05, 3.63) is 71.0 Å². The zero-order valence-electron chi connectivity index (χ0n) is 13.4. The molecule has 0 unspecified atom stereocenters. The Morgan fingerprint density at radius 2 is 1.96 bits per heavy atom. The van der Waals surface area contributed by atoms with Gasteiger partial charge in [0.25, 0.3) is 0 Å². The van der Waals surface area contributed by atoms with Gasteiger partial charge in [-0.2, -0.15) is 0 Å². The van der Waals surface area contributed by atoms with Gasteiger partial charge in [0.1, 0.15) is 5.82 Å². The second kappa shape index (κ2) is 7.55. The molecule has 0 saturated heterocycles. The van der Waals surface area contributed by atoms with Gasteiger partial charge in [-0.25, -0.2) is 4.39 Å². The van der Waals surface area contributed by atoms with E-state index in [-0.39, 0.29) is 18.3 Å². The molecule has 1 aliphatic rings. The highest BCUT2D eigenvalue weighted by Crippen LogP contribution is 2.26. The second-order valence-corrected chi connectivity index (χ2v) is 6.07. The lowest BCUT2D eigenvalue weighted by Crippen LogP contribution is -2.36. The van der Waals surface area contributed by atoms with Crippen LogP contribution in [0, 0.1) is 5.82 Å². The maximum absolute atomic E-state index is 13.5. The number of hydrogen-bond donors (Lipinski definition) is 2. The van der Waals surface area contributed by atoms with Crippen LogP contribution in [0.4, 0.5) is 4.39 Å². The van der Waals surface area contributed by atoms with Crippen molar-refractivity contribution in [3.63, 3.8) is 0 Å². The molecule has 0 saturated carbocycles. The molecule has 0 aromatic heterocycles. The van der Waals surface area contributed by atoms with Gasteiger partial charge in [0.15, 0.2) is 0 Å². The summed E-state index contributed by atoms with van der Waals surface area (Å²) in [6, 6.07) is 14.2. The van der Waals surface area contributed by atoms with E-state index in [0.29, 0.717) is 25.1 Å². The fraction of sp³-hybridized carbons (Fsp3) is 0.316. The summed E-state index contributed by atoms with van der Waals surface area (Å²) < 4.78 is 13.5. The average Bonchev–Trinajstić information content (AvgIpc) is 2.59. The molecule has 2 N–H and O–H groups in total. The molecule has 3 rings (SSSR count). The summed E-state index contributed by atoms with van der Waals surface area (Å²) in [5.74, 6) is -0.430.